The van der Waals surface area contributed by atoms with Gasteiger partial charge in [0.25, 0.3) is 0 Å². The minimum absolute atomic E-state index is 0.0224. The van der Waals surface area contributed by atoms with Gasteiger partial charge in [-0.05, 0) is 30.3 Å². The van der Waals surface area contributed by atoms with Gasteiger partial charge in [-0.25, -0.2) is 14.4 Å². The average Bonchev–Trinajstić information content (AvgIpc) is 2.49. The van der Waals surface area contributed by atoms with Crippen molar-refractivity contribution in [1.29, 1.82) is 0 Å². The van der Waals surface area contributed by atoms with E-state index < -0.39 is 0 Å². The van der Waals surface area contributed by atoms with Gasteiger partial charge in [0.1, 0.15) is 11.6 Å². The molecule has 0 amide bonds. The summed E-state index contributed by atoms with van der Waals surface area (Å²) in [6.07, 6.45) is 1.72. The normalized spacial score (nSPS) is 19.3. The summed E-state index contributed by atoms with van der Waals surface area (Å²) in [5.41, 5.74) is 1.67. The highest BCUT2D eigenvalue weighted by Crippen LogP contribution is 2.19. The van der Waals surface area contributed by atoms with Crippen LogP contribution in [-0.2, 0) is 4.74 Å². The fraction of sp³-hybridized carbons (Fsp3) is 0.286. The lowest BCUT2D eigenvalue weighted by molar-refractivity contribution is 0.0742. The maximum Gasteiger partial charge on any atom is 0.148 e. The molecule has 0 saturated carbocycles. The summed E-state index contributed by atoms with van der Waals surface area (Å²) in [6.45, 7) is 2.09. The molecular weight excluding hydrogens is 245 g/mol. The third-order valence-electron chi connectivity index (χ3n) is 3.05. The number of halogens is 1. The molecular formula is C14H14FN3O. The lowest BCUT2D eigenvalue weighted by Gasteiger charge is -2.22. The van der Waals surface area contributed by atoms with Gasteiger partial charge in [0.05, 0.1) is 24.9 Å². The fourth-order valence-electron chi connectivity index (χ4n) is 2.05. The van der Waals surface area contributed by atoms with Crippen molar-refractivity contribution in [2.75, 3.05) is 19.8 Å². The van der Waals surface area contributed by atoms with E-state index in [2.05, 4.69) is 15.3 Å². The summed E-state index contributed by atoms with van der Waals surface area (Å²) in [5.74, 6) is 0.460. The van der Waals surface area contributed by atoms with Gasteiger partial charge >= 0.3 is 0 Å². The molecule has 2 aromatic rings. The van der Waals surface area contributed by atoms with Gasteiger partial charge in [-0.15, -0.1) is 0 Å². The Kier molecular flexibility index (Phi) is 3.48. The second kappa shape index (κ2) is 5.42. The third-order valence-corrected chi connectivity index (χ3v) is 3.05. The first-order valence-electron chi connectivity index (χ1n) is 6.23. The van der Waals surface area contributed by atoms with Crippen molar-refractivity contribution >= 4 is 0 Å². The zero-order chi connectivity index (χ0) is 13.1. The van der Waals surface area contributed by atoms with E-state index in [1.807, 2.05) is 6.07 Å². The number of hydrogen-bond donors (Lipinski definition) is 1. The van der Waals surface area contributed by atoms with Crippen molar-refractivity contribution in [3.63, 3.8) is 0 Å². The van der Waals surface area contributed by atoms with Gasteiger partial charge in [0, 0.05) is 18.3 Å². The van der Waals surface area contributed by atoms with Crippen molar-refractivity contribution in [3.8, 4) is 11.3 Å². The van der Waals surface area contributed by atoms with Crippen LogP contribution in [-0.4, -0.2) is 29.7 Å². The fourth-order valence-corrected chi connectivity index (χ4v) is 2.05. The van der Waals surface area contributed by atoms with Crippen LogP contribution in [0, 0.1) is 5.82 Å². The van der Waals surface area contributed by atoms with Crippen LogP contribution in [0.5, 0.6) is 0 Å². The summed E-state index contributed by atoms with van der Waals surface area (Å²) in [7, 11) is 0. The van der Waals surface area contributed by atoms with Gasteiger partial charge in [-0.2, -0.15) is 0 Å². The van der Waals surface area contributed by atoms with Crippen LogP contribution in [0.2, 0.25) is 0 Å². The molecule has 0 radical (unpaired) electrons. The number of morpholine rings is 1. The topological polar surface area (TPSA) is 47.0 Å². The van der Waals surface area contributed by atoms with Crippen LogP contribution in [0.1, 0.15) is 11.9 Å². The van der Waals surface area contributed by atoms with E-state index in [1.165, 1.54) is 12.1 Å². The highest BCUT2D eigenvalue weighted by molar-refractivity contribution is 5.58. The van der Waals surface area contributed by atoms with Gasteiger partial charge in [0.15, 0.2) is 0 Å². The van der Waals surface area contributed by atoms with Crippen LogP contribution in [0.15, 0.2) is 36.5 Å². The highest BCUT2D eigenvalue weighted by Gasteiger charge is 2.18. The predicted molar refractivity (Wildman–Crippen MR) is 69.0 cm³/mol. The van der Waals surface area contributed by atoms with Crippen molar-refractivity contribution in [1.82, 2.24) is 15.3 Å². The van der Waals surface area contributed by atoms with E-state index in [9.17, 15) is 4.39 Å². The van der Waals surface area contributed by atoms with Crippen LogP contribution in [0.3, 0.4) is 0 Å². The first-order valence-corrected chi connectivity index (χ1v) is 6.23. The number of nitrogens with zero attached hydrogens (tertiary/aromatic N) is 2. The Bertz CT molecular complexity index is 553. The molecule has 1 N–H and O–H groups in total. The molecule has 0 aliphatic carbocycles. The summed E-state index contributed by atoms with van der Waals surface area (Å²) < 4.78 is 18.3. The van der Waals surface area contributed by atoms with Gasteiger partial charge in [-0.1, -0.05) is 0 Å². The first kappa shape index (κ1) is 12.2. The second-order valence-corrected chi connectivity index (χ2v) is 4.39. The number of ether oxygens (including phenoxy) is 1. The summed E-state index contributed by atoms with van der Waals surface area (Å²) >= 11 is 0. The number of hydrogen-bond acceptors (Lipinski definition) is 4. The molecule has 1 saturated heterocycles. The molecule has 19 heavy (non-hydrogen) atoms. The summed E-state index contributed by atoms with van der Waals surface area (Å²) in [5, 5.41) is 3.31. The number of rotatable bonds is 2. The molecule has 98 valence electrons. The Labute approximate surface area is 110 Å². The number of aromatic nitrogens is 2. The van der Waals surface area contributed by atoms with E-state index in [1.54, 1.807) is 18.3 Å². The summed E-state index contributed by atoms with van der Waals surface area (Å²) in [4.78, 5) is 8.80. The smallest absolute Gasteiger partial charge is 0.148 e. The standard InChI is InChI=1S/C14H14FN3O/c15-11-3-1-10(2-4-11)12-5-6-17-14(18-12)13-9-19-8-7-16-13/h1-6,13,16H,7-9H2. The van der Waals surface area contributed by atoms with Crippen molar-refractivity contribution < 1.29 is 9.13 Å². The van der Waals surface area contributed by atoms with E-state index >= 15 is 0 Å². The lowest BCUT2D eigenvalue weighted by Crippen LogP contribution is -2.35. The Morgan fingerprint density at radius 2 is 2.05 bits per heavy atom. The molecule has 1 unspecified atom stereocenters. The van der Waals surface area contributed by atoms with Crippen LogP contribution in [0.25, 0.3) is 11.3 Å². The van der Waals surface area contributed by atoms with Crippen molar-refractivity contribution in [3.05, 3.63) is 48.2 Å². The maximum absolute atomic E-state index is 12.9. The minimum atomic E-state index is -0.250. The Morgan fingerprint density at radius 3 is 2.79 bits per heavy atom. The number of benzene rings is 1. The molecule has 0 spiro atoms. The largest absolute Gasteiger partial charge is 0.378 e. The molecule has 1 aromatic heterocycles. The molecule has 5 heteroatoms. The zero-order valence-corrected chi connectivity index (χ0v) is 10.3. The van der Waals surface area contributed by atoms with Gasteiger partial charge < -0.3 is 10.1 Å². The Balaban J connectivity index is 1.88. The van der Waals surface area contributed by atoms with Crippen LogP contribution in [0.4, 0.5) is 4.39 Å². The molecule has 1 fully saturated rings. The van der Waals surface area contributed by atoms with Crippen molar-refractivity contribution in [2.45, 2.75) is 6.04 Å². The Morgan fingerprint density at radius 1 is 1.21 bits per heavy atom. The number of nitrogens with one attached hydrogen (secondary N) is 1. The minimum Gasteiger partial charge on any atom is -0.378 e. The average molecular weight is 259 g/mol. The zero-order valence-electron chi connectivity index (χ0n) is 10.3. The Hall–Kier alpha value is -1.85. The quantitative estimate of drug-likeness (QED) is 0.895. The molecule has 1 aliphatic heterocycles. The van der Waals surface area contributed by atoms with E-state index in [4.69, 9.17) is 4.74 Å². The van der Waals surface area contributed by atoms with E-state index in [0.29, 0.717) is 19.0 Å². The SMILES string of the molecule is Fc1ccc(-c2ccnc(C3COCCN3)n2)cc1. The third kappa shape index (κ3) is 2.77. The molecule has 2 heterocycles. The van der Waals surface area contributed by atoms with E-state index in [0.717, 1.165) is 17.8 Å². The second-order valence-electron chi connectivity index (χ2n) is 4.39. The van der Waals surface area contributed by atoms with Gasteiger partial charge in [0.2, 0.25) is 0 Å². The molecule has 1 atom stereocenters. The van der Waals surface area contributed by atoms with Crippen LogP contribution >= 0.6 is 0 Å². The first-order chi connectivity index (χ1) is 9.33. The van der Waals surface area contributed by atoms with Gasteiger partial charge in [-0.3, -0.25) is 0 Å². The molecule has 3 rings (SSSR count). The molecule has 4 nitrogen and oxygen atoms in total. The van der Waals surface area contributed by atoms with Crippen LogP contribution < -0.4 is 5.32 Å². The molecule has 1 aliphatic rings. The highest BCUT2D eigenvalue weighted by atomic mass is 19.1. The lowest BCUT2D eigenvalue weighted by atomic mass is 10.1. The molecule has 0 bridgehead atoms. The summed E-state index contributed by atoms with van der Waals surface area (Å²) in [6, 6.07) is 8.13. The predicted octanol–water partition coefficient (Wildman–Crippen LogP) is 1.94. The van der Waals surface area contributed by atoms with E-state index in [-0.39, 0.29) is 11.9 Å². The maximum atomic E-state index is 12.9. The monoisotopic (exact) mass is 259 g/mol. The molecule has 1 aromatic carbocycles. The van der Waals surface area contributed by atoms with Crippen molar-refractivity contribution in [2.24, 2.45) is 0 Å².